The minimum Gasteiger partial charge on any atom is -0.493 e. The first-order valence-electron chi connectivity index (χ1n) is 10.8. The zero-order valence-corrected chi connectivity index (χ0v) is 20.0. The van der Waals surface area contributed by atoms with Crippen molar-refractivity contribution in [2.45, 2.75) is 59.5 Å². The Bertz CT molecular complexity index is 1080. The lowest BCUT2D eigenvalue weighted by Crippen LogP contribution is -2.39. The van der Waals surface area contributed by atoms with E-state index in [-0.39, 0.29) is 45.9 Å². The summed E-state index contributed by atoms with van der Waals surface area (Å²) in [6, 6.07) is 2.73. The highest BCUT2D eigenvalue weighted by atomic mass is 16.6. The van der Waals surface area contributed by atoms with E-state index in [0.29, 0.717) is 23.4 Å². The molecule has 1 aromatic carbocycles. The van der Waals surface area contributed by atoms with Crippen molar-refractivity contribution < 1.29 is 28.7 Å². The van der Waals surface area contributed by atoms with E-state index in [2.05, 4.69) is 5.32 Å². The van der Waals surface area contributed by atoms with Gasteiger partial charge in [0.1, 0.15) is 0 Å². The van der Waals surface area contributed by atoms with E-state index in [1.807, 2.05) is 13.8 Å². The number of nitro groups is 1. The Balaban J connectivity index is 2.34. The summed E-state index contributed by atoms with van der Waals surface area (Å²) in [7, 11) is 2.80. The van der Waals surface area contributed by atoms with Gasteiger partial charge in [-0.2, -0.15) is 0 Å². The molecule has 0 spiro atoms. The van der Waals surface area contributed by atoms with Crippen LogP contribution in [-0.2, 0) is 14.3 Å². The molecule has 0 bridgehead atoms. The molecular weight excluding hydrogens is 428 g/mol. The molecule has 0 aromatic heterocycles. The van der Waals surface area contributed by atoms with Crippen molar-refractivity contribution >= 4 is 17.4 Å². The van der Waals surface area contributed by atoms with Crippen molar-refractivity contribution in [1.82, 2.24) is 5.32 Å². The highest BCUT2D eigenvalue weighted by Crippen LogP contribution is 2.50. The maximum Gasteiger partial charge on any atom is 0.337 e. The second-order valence-corrected chi connectivity index (χ2v) is 9.41. The number of benzene rings is 1. The third-order valence-electron chi connectivity index (χ3n) is 5.84. The molecule has 0 saturated heterocycles. The van der Waals surface area contributed by atoms with Gasteiger partial charge < -0.3 is 19.5 Å². The molecule has 178 valence electrons. The Hall–Kier alpha value is -3.36. The average molecular weight is 459 g/mol. The molecule has 1 aliphatic carbocycles. The Morgan fingerprint density at radius 1 is 1.18 bits per heavy atom. The molecule has 9 nitrogen and oxygen atoms in total. The van der Waals surface area contributed by atoms with E-state index in [4.69, 9.17) is 14.2 Å². The van der Waals surface area contributed by atoms with Crippen LogP contribution in [0.15, 0.2) is 34.7 Å². The molecule has 0 radical (unpaired) electrons. The first-order chi connectivity index (χ1) is 15.4. The van der Waals surface area contributed by atoms with Crippen LogP contribution in [0, 0.1) is 15.5 Å². The minimum absolute atomic E-state index is 0.162. The molecule has 1 aromatic rings. The number of nitrogens with one attached hydrogen (secondary N) is 1. The van der Waals surface area contributed by atoms with Gasteiger partial charge in [0, 0.05) is 29.0 Å². The number of dihydropyridines is 1. The Kier molecular flexibility index (Phi) is 6.53. The molecule has 2 aliphatic rings. The summed E-state index contributed by atoms with van der Waals surface area (Å²) in [5.41, 5.74) is 1.31. The predicted octanol–water partition coefficient (Wildman–Crippen LogP) is 4.17. The Morgan fingerprint density at radius 2 is 1.79 bits per heavy atom. The third-order valence-corrected chi connectivity index (χ3v) is 5.84. The smallest absolute Gasteiger partial charge is 0.337 e. The van der Waals surface area contributed by atoms with Crippen LogP contribution >= 0.6 is 0 Å². The normalized spacial score (nSPS) is 19.8. The van der Waals surface area contributed by atoms with Gasteiger partial charge in [-0.1, -0.05) is 13.8 Å². The first kappa shape index (κ1) is 24.3. The molecule has 0 amide bonds. The van der Waals surface area contributed by atoms with Crippen LogP contribution in [0.2, 0.25) is 0 Å². The topological polar surface area (TPSA) is 117 Å². The van der Waals surface area contributed by atoms with Gasteiger partial charge in [0.15, 0.2) is 17.3 Å². The van der Waals surface area contributed by atoms with Gasteiger partial charge in [-0.15, -0.1) is 0 Å². The summed E-state index contributed by atoms with van der Waals surface area (Å²) in [5, 5.41) is 15.3. The number of nitrogens with zero attached hydrogens (tertiary/aromatic N) is 1. The van der Waals surface area contributed by atoms with Gasteiger partial charge in [-0.05, 0) is 38.7 Å². The fourth-order valence-electron chi connectivity index (χ4n) is 4.57. The van der Waals surface area contributed by atoms with Crippen molar-refractivity contribution in [3.8, 4) is 11.5 Å². The molecule has 0 fully saturated rings. The number of Topliss-reactive ketones (excluding diaryl/α,β-unsaturated/α-hetero) is 1. The van der Waals surface area contributed by atoms with Crippen LogP contribution in [0.25, 0.3) is 0 Å². The monoisotopic (exact) mass is 458 g/mol. The van der Waals surface area contributed by atoms with Crippen LogP contribution in [-0.4, -0.2) is 37.0 Å². The number of nitro benzene ring substituents is 1. The fraction of sp³-hybridized carbons (Fsp3) is 0.500. The zero-order valence-electron chi connectivity index (χ0n) is 20.0. The van der Waals surface area contributed by atoms with Crippen molar-refractivity contribution in [3.05, 3.63) is 50.4 Å². The molecular formula is C24H30N2O7. The van der Waals surface area contributed by atoms with E-state index in [1.54, 1.807) is 20.8 Å². The molecule has 0 saturated carbocycles. The summed E-state index contributed by atoms with van der Waals surface area (Å²) in [6.45, 7) is 9.14. The number of rotatable bonds is 6. The second kappa shape index (κ2) is 8.88. The van der Waals surface area contributed by atoms with Crippen LogP contribution in [0.1, 0.15) is 58.9 Å². The van der Waals surface area contributed by atoms with E-state index >= 15 is 0 Å². The summed E-state index contributed by atoms with van der Waals surface area (Å²) in [5.74, 6) is -1.33. The average Bonchev–Trinajstić information content (AvgIpc) is 2.69. The first-order valence-corrected chi connectivity index (χ1v) is 10.8. The van der Waals surface area contributed by atoms with Gasteiger partial charge in [-0.3, -0.25) is 14.9 Å². The molecule has 1 aliphatic heterocycles. The van der Waals surface area contributed by atoms with Crippen molar-refractivity contribution in [1.29, 1.82) is 0 Å². The fourth-order valence-corrected chi connectivity index (χ4v) is 4.57. The van der Waals surface area contributed by atoms with Gasteiger partial charge in [-0.25, -0.2) is 4.79 Å². The van der Waals surface area contributed by atoms with Crippen molar-refractivity contribution in [2.75, 3.05) is 14.2 Å². The standard InChI is InChI=1S/C24H30N2O7/c1-12(2)33-23(28)20-13(3)25-15-10-24(4,5)11-17(27)22(15)21(20)14-8-18(31-6)19(32-7)9-16(14)26(29)30/h8-9,12,21,25H,10-11H2,1-7H3. The summed E-state index contributed by atoms with van der Waals surface area (Å²) >= 11 is 0. The quantitative estimate of drug-likeness (QED) is 0.383. The summed E-state index contributed by atoms with van der Waals surface area (Å²) in [6.07, 6.45) is 0.418. The van der Waals surface area contributed by atoms with Crippen LogP contribution < -0.4 is 14.8 Å². The Morgan fingerprint density at radius 3 is 2.33 bits per heavy atom. The molecule has 3 rings (SSSR count). The van der Waals surface area contributed by atoms with E-state index < -0.39 is 22.9 Å². The van der Waals surface area contributed by atoms with Gasteiger partial charge in [0.05, 0.1) is 42.8 Å². The number of methoxy groups -OCH3 is 2. The summed E-state index contributed by atoms with van der Waals surface area (Å²) < 4.78 is 16.1. The van der Waals surface area contributed by atoms with Gasteiger partial charge in [0.2, 0.25) is 0 Å². The number of allylic oxidation sites excluding steroid dienone is 3. The van der Waals surface area contributed by atoms with E-state index in [0.717, 1.165) is 0 Å². The number of ether oxygens (including phenoxy) is 3. The molecule has 1 atom stereocenters. The molecule has 1 heterocycles. The lowest BCUT2D eigenvalue weighted by Gasteiger charge is -2.39. The van der Waals surface area contributed by atoms with Crippen molar-refractivity contribution in [3.63, 3.8) is 0 Å². The van der Waals surface area contributed by atoms with Gasteiger partial charge >= 0.3 is 5.97 Å². The van der Waals surface area contributed by atoms with Crippen LogP contribution in [0.4, 0.5) is 5.69 Å². The lowest BCUT2D eigenvalue weighted by atomic mass is 9.68. The largest absolute Gasteiger partial charge is 0.493 e. The number of carbonyl (C=O) groups is 2. The van der Waals surface area contributed by atoms with Crippen molar-refractivity contribution in [2.24, 2.45) is 5.41 Å². The maximum atomic E-state index is 13.4. The zero-order chi connectivity index (χ0) is 24.7. The number of esters is 1. The van der Waals surface area contributed by atoms with Crippen LogP contribution in [0.5, 0.6) is 11.5 Å². The lowest BCUT2D eigenvalue weighted by molar-refractivity contribution is -0.385. The summed E-state index contributed by atoms with van der Waals surface area (Å²) in [4.78, 5) is 38.1. The molecule has 9 heteroatoms. The second-order valence-electron chi connectivity index (χ2n) is 9.41. The third kappa shape index (κ3) is 4.58. The number of carbonyl (C=O) groups excluding carboxylic acids is 2. The van der Waals surface area contributed by atoms with E-state index in [9.17, 15) is 19.7 Å². The van der Waals surface area contributed by atoms with E-state index in [1.165, 1.54) is 26.4 Å². The number of hydrogen-bond donors (Lipinski definition) is 1. The van der Waals surface area contributed by atoms with Gasteiger partial charge in [0.25, 0.3) is 5.69 Å². The predicted molar refractivity (Wildman–Crippen MR) is 121 cm³/mol. The minimum atomic E-state index is -0.976. The van der Waals surface area contributed by atoms with Crippen LogP contribution in [0.3, 0.4) is 0 Å². The Labute approximate surface area is 192 Å². The highest BCUT2D eigenvalue weighted by Gasteiger charge is 2.45. The molecule has 33 heavy (non-hydrogen) atoms. The number of ketones is 1. The SMILES string of the molecule is COc1cc(C2C(C(=O)OC(C)C)=C(C)NC3=C2C(=O)CC(C)(C)C3)c([N+](=O)[O-])cc1OC. The highest BCUT2D eigenvalue weighted by molar-refractivity contribution is 6.04. The maximum absolute atomic E-state index is 13.4. The number of hydrogen-bond acceptors (Lipinski definition) is 8. The molecule has 1 N–H and O–H groups in total. The molecule has 1 unspecified atom stereocenters.